The third-order valence-electron chi connectivity index (χ3n) is 2.65. The average Bonchev–Trinajstić information content (AvgIpc) is 2.35. The second kappa shape index (κ2) is 8.31. The number of rotatable bonds is 8. The van der Waals surface area contributed by atoms with E-state index in [0.717, 1.165) is 18.6 Å². The summed E-state index contributed by atoms with van der Waals surface area (Å²) in [6.45, 7) is 2.99. The lowest BCUT2D eigenvalue weighted by Crippen LogP contribution is -2.09. The van der Waals surface area contributed by atoms with Crippen LogP contribution in [0, 0.1) is 0 Å². The van der Waals surface area contributed by atoms with Crippen molar-refractivity contribution in [3.8, 4) is 0 Å². The minimum atomic E-state index is -0.164. The van der Waals surface area contributed by atoms with Crippen LogP contribution in [0.5, 0.6) is 0 Å². The molecule has 2 heteroatoms. The Bertz CT molecular complexity index is 259. The Hall–Kier alpha value is -0.860. The van der Waals surface area contributed by atoms with Crippen molar-refractivity contribution in [3.05, 3.63) is 35.9 Å². The fourth-order valence-corrected chi connectivity index (χ4v) is 1.68. The Morgan fingerprint density at radius 3 is 2.50 bits per heavy atom. The molecule has 1 unspecified atom stereocenters. The lowest BCUT2D eigenvalue weighted by atomic mass is 10.1. The molecule has 16 heavy (non-hydrogen) atoms. The van der Waals surface area contributed by atoms with Crippen LogP contribution in [0.15, 0.2) is 30.3 Å². The van der Waals surface area contributed by atoms with E-state index in [2.05, 4.69) is 6.92 Å². The van der Waals surface area contributed by atoms with Crippen molar-refractivity contribution < 1.29 is 9.84 Å². The van der Waals surface area contributed by atoms with Crippen molar-refractivity contribution in [2.45, 2.75) is 38.7 Å². The molecule has 0 radical (unpaired) electrons. The van der Waals surface area contributed by atoms with E-state index in [1.807, 2.05) is 30.3 Å². The quantitative estimate of drug-likeness (QED) is 0.684. The summed E-state index contributed by atoms with van der Waals surface area (Å²) in [6.07, 6.45) is 4.63. The maximum absolute atomic E-state index is 9.26. The van der Waals surface area contributed by atoms with E-state index >= 15 is 0 Å². The first-order valence-corrected chi connectivity index (χ1v) is 6.16. The molecule has 0 aliphatic rings. The van der Waals surface area contributed by atoms with Crippen molar-refractivity contribution in [2.75, 3.05) is 13.2 Å². The van der Waals surface area contributed by atoms with E-state index in [1.54, 1.807) is 0 Å². The van der Waals surface area contributed by atoms with Crippen molar-refractivity contribution in [2.24, 2.45) is 0 Å². The van der Waals surface area contributed by atoms with E-state index in [1.165, 1.54) is 19.3 Å². The normalized spacial score (nSPS) is 12.6. The van der Waals surface area contributed by atoms with Gasteiger partial charge in [-0.3, -0.25) is 0 Å². The van der Waals surface area contributed by atoms with Gasteiger partial charge in [0.1, 0.15) is 6.10 Å². The van der Waals surface area contributed by atoms with Crippen LogP contribution in [0.1, 0.15) is 44.3 Å². The number of hydrogen-bond acceptors (Lipinski definition) is 2. The first-order valence-electron chi connectivity index (χ1n) is 6.16. The summed E-state index contributed by atoms with van der Waals surface area (Å²) >= 11 is 0. The second-order valence-electron chi connectivity index (χ2n) is 4.01. The molecule has 0 bridgehead atoms. The van der Waals surface area contributed by atoms with Crippen molar-refractivity contribution in [3.63, 3.8) is 0 Å². The molecule has 0 aliphatic heterocycles. The summed E-state index contributed by atoms with van der Waals surface area (Å²) in [6, 6.07) is 9.90. The second-order valence-corrected chi connectivity index (χ2v) is 4.01. The number of unbranched alkanes of at least 4 members (excludes halogenated alkanes) is 3. The van der Waals surface area contributed by atoms with Gasteiger partial charge in [0.05, 0.1) is 6.61 Å². The molecule has 0 aliphatic carbocycles. The van der Waals surface area contributed by atoms with Gasteiger partial charge >= 0.3 is 0 Å². The highest BCUT2D eigenvalue weighted by Gasteiger charge is 2.09. The third kappa shape index (κ3) is 4.77. The molecule has 90 valence electrons. The average molecular weight is 222 g/mol. The molecule has 2 nitrogen and oxygen atoms in total. The smallest absolute Gasteiger partial charge is 0.105 e. The minimum absolute atomic E-state index is 0.0534. The monoisotopic (exact) mass is 222 g/mol. The van der Waals surface area contributed by atoms with Gasteiger partial charge in [-0.2, -0.15) is 0 Å². The maximum Gasteiger partial charge on any atom is 0.105 e. The van der Waals surface area contributed by atoms with E-state index in [9.17, 15) is 5.11 Å². The van der Waals surface area contributed by atoms with Crippen LogP contribution in [0.2, 0.25) is 0 Å². The van der Waals surface area contributed by atoms with Crippen LogP contribution in [0.25, 0.3) is 0 Å². The fraction of sp³-hybridized carbons (Fsp3) is 0.571. The van der Waals surface area contributed by atoms with E-state index in [-0.39, 0.29) is 12.7 Å². The van der Waals surface area contributed by atoms with Crippen LogP contribution in [-0.4, -0.2) is 18.3 Å². The highest BCUT2D eigenvalue weighted by atomic mass is 16.5. The fourth-order valence-electron chi connectivity index (χ4n) is 1.68. The van der Waals surface area contributed by atoms with E-state index in [4.69, 9.17) is 4.74 Å². The SMILES string of the molecule is CCCCCCOC(CO)c1ccccc1. The number of aliphatic hydroxyl groups excluding tert-OH is 1. The Kier molecular flexibility index (Phi) is 6.86. The van der Waals surface area contributed by atoms with Gasteiger partial charge in [0.15, 0.2) is 0 Å². The topological polar surface area (TPSA) is 29.5 Å². The van der Waals surface area contributed by atoms with Crippen LogP contribution < -0.4 is 0 Å². The van der Waals surface area contributed by atoms with Gasteiger partial charge in [-0.25, -0.2) is 0 Å². The zero-order valence-electron chi connectivity index (χ0n) is 10.1. The molecule has 0 saturated heterocycles. The molecule has 1 N–H and O–H groups in total. The predicted octanol–water partition coefficient (Wildman–Crippen LogP) is 3.32. The minimum Gasteiger partial charge on any atom is -0.393 e. The van der Waals surface area contributed by atoms with Gasteiger partial charge in [0.25, 0.3) is 0 Å². The summed E-state index contributed by atoms with van der Waals surface area (Å²) in [5.74, 6) is 0. The highest BCUT2D eigenvalue weighted by Crippen LogP contribution is 2.16. The highest BCUT2D eigenvalue weighted by molar-refractivity contribution is 5.17. The Morgan fingerprint density at radius 1 is 1.12 bits per heavy atom. The predicted molar refractivity (Wildman–Crippen MR) is 66.4 cm³/mol. The molecule has 1 rings (SSSR count). The van der Waals surface area contributed by atoms with Gasteiger partial charge in [-0.15, -0.1) is 0 Å². The van der Waals surface area contributed by atoms with Crippen LogP contribution >= 0.6 is 0 Å². The number of ether oxygens (including phenoxy) is 1. The zero-order chi connectivity index (χ0) is 11.6. The molecule has 0 fully saturated rings. The lowest BCUT2D eigenvalue weighted by Gasteiger charge is -2.15. The number of aliphatic hydroxyl groups is 1. The summed E-state index contributed by atoms with van der Waals surface area (Å²) in [5, 5.41) is 9.26. The molecule has 1 aromatic rings. The van der Waals surface area contributed by atoms with Crippen molar-refractivity contribution >= 4 is 0 Å². The van der Waals surface area contributed by atoms with E-state index in [0.29, 0.717) is 0 Å². The lowest BCUT2D eigenvalue weighted by molar-refractivity contribution is 0.00989. The molecule has 0 amide bonds. The van der Waals surface area contributed by atoms with Gasteiger partial charge in [-0.1, -0.05) is 56.5 Å². The zero-order valence-corrected chi connectivity index (χ0v) is 10.1. The van der Waals surface area contributed by atoms with Crippen molar-refractivity contribution in [1.29, 1.82) is 0 Å². The molecule has 0 heterocycles. The summed E-state index contributed by atoms with van der Waals surface area (Å²) in [7, 11) is 0. The Morgan fingerprint density at radius 2 is 1.88 bits per heavy atom. The summed E-state index contributed by atoms with van der Waals surface area (Å²) in [5.41, 5.74) is 1.06. The molecule has 1 atom stereocenters. The molecule has 0 aromatic heterocycles. The number of benzene rings is 1. The van der Waals surface area contributed by atoms with Gasteiger partial charge in [0.2, 0.25) is 0 Å². The molecule has 0 saturated carbocycles. The third-order valence-corrected chi connectivity index (χ3v) is 2.65. The Labute approximate surface area is 98.3 Å². The van der Waals surface area contributed by atoms with Gasteiger partial charge in [0, 0.05) is 6.61 Å². The first kappa shape index (κ1) is 13.2. The maximum atomic E-state index is 9.26. The Balaban J connectivity index is 2.27. The van der Waals surface area contributed by atoms with Crippen LogP contribution in [0.3, 0.4) is 0 Å². The summed E-state index contributed by atoms with van der Waals surface area (Å²) in [4.78, 5) is 0. The first-order chi connectivity index (χ1) is 7.88. The molecular weight excluding hydrogens is 200 g/mol. The molecule has 0 spiro atoms. The van der Waals surface area contributed by atoms with Gasteiger partial charge in [-0.05, 0) is 12.0 Å². The van der Waals surface area contributed by atoms with E-state index < -0.39 is 0 Å². The van der Waals surface area contributed by atoms with Crippen LogP contribution in [-0.2, 0) is 4.74 Å². The van der Waals surface area contributed by atoms with Gasteiger partial charge < -0.3 is 9.84 Å². The number of hydrogen-bond donors (Lipinski definition) is 1. The van der Waals surface area contributed by atoms with Crippen molar-refractivity contribution in [1.82, 2.24) is 0 Å². The molecular formula is C14H22O2. The summed E-state index contributed by atoms with van der Waals surface area (Å²) < 4.78 is 5.67. The van der Waals surface area contributed by atoms with Crippen LogP contribution in [0.4, 0.5) is 0 Å². The largest absolute Gasteiger partial charge is 0.393 e. The standard InChI is InChI=1S/C14H22O2/c1-2-3-4-8-11-16-14(12-15)13-9-6-5-7-10-13/h5-7,9-10,14-15H,2-4,8,11-12H2,1H3. The molecule has 1 aromatic carbocycles.